The van der Waals surface area contributed by atoms with Gasteiger partial charge in [-0.25, -0.2) is 9.59 Å². The number of allylic oxidation sites excluding steroid dienone is 2. The number of hydrogen-bond donors (Lipinski definition) is 0. The Hall–Kier alpha value is -1.92. The SMILES string of the molecule is C=C[C@H](/C=C/C(C)=C/CO[Si](C)(C)C(C)(C)C)OC(=O)/C=C/C(=O)OC(C)(C)C. The van der Waals surface area contributed by atoms with Gasteiger partial charge in [0.25, 0.3) is 0 Å². The second-order valence-corrected chi connectivity index (χ2v) is 14.2. The van der Waals surface area contributed by atoms with Crippen molar-refractivity contribution in [1.82, 2.24) is 0 Å². The fraction of sp³-hybridized carbons (Fsp3) is 0.565. The predicted molar refractivity (Wildman–Crippen MR) is 121 cm³/mol. The molecule has 0 unspecified atom stereocenters. The molecule has 0 saturated heterocycles. The van der Waals surface area contributed by atoms with Gasteiger partial charge in [0.2, 0.25) is 0 Å². The molecule has 0 amide bonds. The summed E-state index contributed by atoms with van der Waals surface area (Å²) in [6, 6.07) is 0. The first-order valence-electron chi connectivity index (χ1n) is 9.80. The minimum Gasteiger partial charge on any atom is -0.457 e. The molecule has 164 valence electrons. The average Bonchev–Trinajstić information content (AvgIpc) is 2.54. The van der Waals surface area contributed by atoms with Crippen LogP contribution in [0.1, 0.15) is 48.5 Å². The van der Waals surface area contributed by atoms with Crippen LogP contribution in [0.5, 0.6) is 0 Å². The van der Waals surface area contributed by atoms with Gasteiger partial charge in [0.05, 0.1) is 6.61 Å². The predicted octanol–water partition coefficient (Wildman–Crippen LogP) is 5.51. The molecule has 29 heavy (non-hydrogen) atoms. The molecule has 0 aliphatic carbocycles. The molecule has 0 bridgehead atoms. The van der Waals surface area contributed by atoms with E-state index in [9.17, 15) is 9.59 Å². The van der Waals surface area contributed by atoms with Crippen molar-refractivity contribution in [3.63, 3.8) is 0 Å². The highest BCUT2D eigenvalue weighted by molar-refractivity contribution is 6.74. The summed E-state index contributed by atoms with van der Waals surface area (Å²) in [6.07, 6.45) is 8.60. The quantitative estimate of drug-likeness (QED) is 0.161. The Morgan fingerprint density at radius 2 is 1.55 bits per heavy atom. The lowest BCUT2D eigenvalue weighted by Crippen LogP contribution is -2.40. The molecule has 0 aliphatic heterocycles. The fourth-order valence-corrected chi connectivity index (χ4v) is 2.66. The van der Waals surface area contributed by atoms with Crippen LogP contribution in [-0.4, -0.2) is 38.6 Å². The second kappa shape index (κ2) is 11.3. The molecule has 0 aromatic carbocycles. The van der Waals surface area contributed by atoms with Crippen LogP contribution in [0.4, 0.5) is 0 Å². The third-order valence-electron chi connectivity index (χ3n) is 4.45. The Morgan fingerprint density at radius 1 is 1.00 bits per heavy atom. The Kier molecular flexibility index (Phi) is 10.6. The first-order valence-corrected chi connectivity index (χ1v) is 12.7. The molecular formula is C23H38O5Si. The Morgan fingerprint density at radius 3 is 2.03 bits per heavy atom. The molecule has 0 rings (SSSR count). The fourth-order valence-electron chi connectivity index (χ4n) is 1.72. The van der Waals surface area contributed by atoms with Crippen LogP contribution >= 0.6 is 0 Å². The summed E-state index contributed by atoms with van der Waals surface area (Å²) in [7, 11) is -1.78. The van der Waals surface area contributed by atoms with Crippen molar-refractivity contribution < 1.29 is 23.5 Å². The maximum atomic E-state index is 11.9. The summed E-state index contributed by atoms with van der Waals surface area (Å²) in [5.74, 6) is -1.24. The normalized spacial score (nSPS) is 14.9. The van der Waals surface area contributed by atoms with Crippen LogP contribution in [0.25, 0.3) is 0 Å². The van der Waals surface area contributed by atoms with Crippen molar-refractivity contribution in [3.8, 4) is 0 Å². The van der Waals surface area contributed by atoms with Gasteiger partial charge in [0, 0.05) is 12.2 Å². The van der Waals surface area contributed by atoms with Crippen LogP contribution in [0.2, 0.25) is 18.1 Å². The van der Waals surface area contributed by atoms with Gasteiger partial charge < -0.3 is 13.9 Å². The van der Waals surface area contributed by atoms with Crippen LogP contribution in [0.15, 0.2) is 48.6 Å². The van der Waals surface area contributed by atoms with Gasteiger partial charge in [-0.05, 0) is 58.0 Å². The largest absolute Gasteiger partial charge is 0.457 e. The number of rotatable bonds is 9. The summed E-state index contributed by atoms with van der Waals surface area (Å²) in [5.41, 5.74) is 0.381. The molecule has 0 heterocycles. The highest BCUT2D eigenvalue weighted by Crippen LogP contribution is 2.36. The number of carbonyl (C=O) groups excluding carboxylic acids is 2. The lowest BCUT2D eigenvalue weighted by molar-refractivity contribution is -0.149. The lowest BCUT2D eigenvalue weighted by atomic mass is 10.2. The van der Waals surface area contributed by atoms with Gasteiger partial charge in [0.15, 0.2) is 8.32 Å². The zero-order valence-electron chi connectivity index (χ0n) is 19.5. The molecule has 0 saturated carbocycles. The van der Waals surface area contributed by atoms with Gasteiger partial charge in [0.1, 0.15) is 11.7 Å². The lowest BCUT2D eigenvalue weighted by Gasteiger charge is -2.35. The van der Waals surface area contributed by atoms with Crippen molar-refractivity contribution >= 4 is 20.3 Å². The minimum absolute atomic E-state index is 0.166. The Labute approximate surface area is 177 Å². The molecule has 1 atom stereocenters. The van der Waals surface area contributed by atoms with Gasteiger partial charge >= 0.3 is 11.9 Å². The molecule has 6 heteroatoms. The third-order valence-corrected chi connectivity index (χ3v) is 8.95. The number of ether oxygens (including phenoxy) is 2. The van der Waals surface area contributed by atoms with E-state index in [1.807, 2.05) is 19.1 Å². The molecule has 0 N–H and O–H groups in total. The number of esters is 2. The first-order chi connectivity index (χ1) is 13.1. The average molecular weight is 423 g/mol. The summed E-state index contributed by atoms with van der Waals surface area (Å²) >= 11 is 0. The maximum absolute atomic E-state index is 11.9. The van der Waals surface area contributed by atoms with E-state index in [1.165, 1.54) is 6.08 Å². The highest BCUT2D eigenvalue weighted by atomic mass is 28.4. The summed E-state index contributed by atoms with van der Waals surface area (Å²) in [5, 5.41) is 0.166. The van der Waals surface area contributed by atoms with E-state index in [2.05, 4.69) is 40.4 Å². The number of carbonyl (C=O) groups is 2. The van der Waals surface area contributed by atoms with Gasteiger partial charge in [-0.15, -0.1) is 0 Å². The molecule has 0 fully saturated rings. The van der Waals surface area contributed by atoms with E-state index >= 15 is 0 Å². The second-order valence-electron chi connectivity index (χ2n) is 9.38. The van der Waals surface area contributed by atoms with Crippen LogP contribution in [0.3, 0.4) is 0 Å². The maximum Gasteiger partial charge on any atom is 0.331 e. The summed E-state index contributed by atoms with van der Waals surface area (Å²) in [4.78, 5) is 23.5. The highest BCUT2D eigenvalue weighted by Gasteiger charge is 2.36. The molecular weight excluding hydrogens is 384 g/mol. The monoisotopic (exact) mass is 422 g/mol. The van der Waals surface area contributed by atoms with Gasteiger partial charge in [-0.2, -0.15) is 0 Å². The molecule has 5 nitrogen and oxygen atoms in total. The van der Waals surface area contributed by atoms with E-state index in [4.69, 9.17) is 13.9 Å². The smallest absolute Gasteiger partial charge is 0.331 e. The van der Waals surface area contributed by atoms with Crippen molar-refractivity contribution in [2.75, 3.05) is 6.61 Å². The Bertz CT molecular complexity index is 658. The minimum atomic E-state index is -1.78. The van der Waals surface area contributed by atoms with E-state index in [0.29, 0.717) is 6.61 Å². The van der Waals surface area contributed by atoms with Crippen LogP contribution in [0, 0.1) is 0 Å². The molecule has 0 spiro atoms. The van der Waals surface area contributed by atoms with Crippen molar-refractivity contribution in [1.29, 1.82) is 0 Å². The topological polar surface area (TPSA) is 61.8 Å². The number of hydrogen-bond acceptors (Lipinski definition) is 5. The zero-order chi connectivity index (χ0) is 22.9. The van der Waals surface area contributed by atoms with Gasteiger partial charge in [-0.3, -0.25) is 0 Å². The standard InChI is InChI=1S/C23H38O5Si/c1-11-19(27-20(24)14-15-21(25)28-22(3,4)5)13-12-18(2)16-17-26-29(9,10)23(6,7)8/h11-16,19H,1,17H2,2-10H3/b13-12+,15-14+,18-16+/t19-/m1/s1. The van der Waals surface area contributed by atoms with Gasteiger partial charge in [-0.1, -0.05) is 45.1 Å². The van der Waals surface area contributed by atoms with E-state index < -0.39 is 32.0 Å². The van der Waals surface area contributed by atoms with Crippen molar-refractivity contribution in [3.05, 3.63) is 48.6 Å². The summed E-state index contributed by atoms with van der Waals surface area (Å²) < 4.78 is 16.5. The van der Waals surface area contributed by atoms with Crippen LogP contribution in [-0.2, 0) is 23.5 Å². The van der Waals surface area contributed by atoms with Crippen molar-refractivity contribution in [2.45, 2.75) is 78.3 Å². The van der Waals surface area contributed by atoms with Crippen molar-refractivity contribution in [2.24, 2.45) is 0 Å². The molecule has 0 radical (unpaired) electrons. The first kappa shape index (κ1) is 27.1. The van der Waals surface area contributed by atoms with Crippen LogP contribution < -0.4 is 0 Å². The zero-order valence-corrected chi connectivity index (χ0v) is 20.5. The van der Waals surface area contributed by atoms with E-state index in [0.717, 1.165) is 17.7 Å². The molecule has 0 aromatic rings. The third kappa shape index (κ3) is 12.3. The molecule has 0 aromatic heterocycles. The van der Waals surface area contributed by atoms with E-state index in [-0.39, 0.29) is 5.04 Å². The Balaban J connectivity index is 4.70. The summed E-state index contributed by atoms with van der Waals surface area (Å²) in [6.45, 7) is 22.5. The van der Waals surface area contributed by atoms with E-state index in [1.54, 1.807) is 26.8 Å². The molecule has 0 aliphatic rings.